The van der Waals surface area contributed by atoms with Gasteiger partial charge in [-0.05, 0) is 93.1 Å². The molecule has 2 saturated heterocycles. The number of likely N-dealkylation sites (tertiary alicyclic amines) is 1. The summed E-state index contributed by atoms with van der Waals surface area (Å²) in [6.07, 6.45) is 7.49. The Hall–Kier alpha value is -3.04. The van der Waals surface area contributed by atoms with Gasteiger partial charge in [-0.25, -0.2) is 14.4 Å². The van der Waals surface area contributed by atoms with Crippen LogP contribution in [0.4, 0.5) is 10.2 Å². The van der Waals surface area contributed by atoms with Crippen molar-refractivity contribution in [2.24, 2.45) is 5.92 Å². The van der Waals surface area contributed by atoms with Crippen LogP contribution in [-0.2, 0) is 11.3 Å². The molecule has 0 bridgehead atoms. The van der Waals surface area contributed by atoms with E-state index in [9.17, 15) is 9.18 Å². The molecule has 9 heteroatoms. The van der Waals surface area contributed by atoms with Crippen molar-refractivity contribution in [3.05, 3.63) is 64.5 Å². The Morgan fingerprint density at radius 3 is 2.56 bits per heavy atom. The minimum absolute atomic E-state index is 0.0228. The second kappa shape index (κ2) is 12.9. The third-order valence-electron chi connectivity index (χ3n) is 7.40. The van der Waals surface area contributed by atoms with Crippen molar-refractivity contribution < 1.29 is 13.9 Å². The van der Waals surface area contributed by atoms with Crippen molar-refractivity contribution >= 4 is 27.7 Å². The smallest absolute Gasteiger partial charge is 0.220 e. The first-order valence-corrected chi connectivity index (χ1v) is 14.5. The summed E-state index contributed by atoms with van der Waals surface area (Å²) in [5.74, 6) is 2.24. The quantitative estimate of drug-likeness (QED) is 0.335. The minimum atomic E-state index is -0.326. The molecule has 7 nitrogen and oxygen atoms in total. The average molecular weight is 597 g/mol. The van der Waals surface area contributed by atoms with Gasteiger partial charge >= 0.3 is 0 Å². The molecule has 2 aliphatic rings. The molecule has 4 heterocycles. The first-order valence-electron chi connectivity index (χ1n) is 13.7. The molecule has 0 atom stereocenters. The number of carbonyl (C=O) groups excluding carboxylic acids is 1. The lowest BCUT2D eigenvalue weighted by Crippen LogP contribution is -2.37. The standard InChI is InChI=1S/C30H35BrFN5O2/c1-21(38)33-18-22-7-11-36(12-8-22)20-23-13-28(24-15-25(31)17-26(32)16-24)35-30(14-23)39-27-5-6-29(34-19-27)37-9-3-2-4-10-37/h5-6,13-17,19,22H,2-4,7-12,18,20H2,1H3,(H,33,38). The lowest BCUT2D eigenvalue weighted by Gasteiger charge is -2.32. The number of rotatable bonds is 8. The molecule has 2 fully saturated rings. The molecule has 1 N–H and O–H groups in total. The summed E-state index contributed by atoms with van der Waals surface area (Å²) in [4.78, 5) is 25.3. The third-order valence-corrected chi connectivity index (χ3v) is 7.85. The number of hydrogen-bond donors (Lipinski definition) is 1. The minimum Gasteiger partial charge on any atom is -0.437 e. The zero-order valence-electron chi connectivity index (χ0n) is 22.3. The molecular formula is C30H35BrFN5O2. The molecule has 2 aromatic heterocycles. The molecular weight excluding hydrogens is 561 g/mol. The number of nitrogens with one attached hydrogen (secondary N) is 1. The van der Waals surface area contributed by atoms with Crippen LogP contribution < -0.4 is 15.0 Å². The van der Waals surface area contributed by atoms with Crippen LogP contribution in [0.25, 0.3) is 11.3 Å². The summed E-state index contributed by atoms with van der Waals surface area (Å²) in [5.41, 5.74) is 2.39. The highest BCUT2D eigenvalue weighted by atomic mass is 79.9. The molecule has 1 amide bonds. The maximum absolute atomic E-state index is 14.2. The molecule has 0 radical (unpaired) electrons. The maximum Gasteiger partial charge on any atom is 0.220 e. The number of amides is 1. The summed E-state index contributed by atoms with van der Waals surface area (Å²) in [7, 11) is 0. The second-order valence-electron chi connectivity index (χ2n) is 10.5. The van der Waals surface area contributed by atoms with Gasteiger partial charge in [0, 0.05) is 49.2 Å². The van der Waals surface area contributed by atoms with Gasteiger partial charge in [-0.2, -0.15) is 0 Å². The molecule has 0 saturated carbocycles. The van der Waals surface area contributed by atoms with Gasteiger partial charge < -0.3 is 15.0 Å². The highest BCUT2D eigenvalue weighted by molar-refractivity contribution is 9.10. The van der Waals surface area contributed by atoms with E-state index in [1.165, 1.54) is 31.4 Å². The number of aromatic nitrogens is 2. The van der Waals surface area contributed by atoms with Crippen molar-refractivity contribution in [1.82, 2.24) is 20.2 Å². The van der Waals surface area contributed by atoms with E-state index in [0.717, 1.165) is 63.5 Å². The SMILES string of the molecule is CC(=O)NCC1CCN(Cc2cc(Oc3ccc(N4CCCCC4)nc3)nc(-c3cc(F)cc(Br)c3)c2)CC1. The fourth-order valence-electron chi connectivity index (χ4n) is 5.31. The predicted molar refractivity (Wildman–Crippen MR) is 154 cm³/mol. The maximum atomic E-state index is 14.2. The molecule has 0 spiro atoms. The van der Waals surface area contributed by atoms with E-state index < -0.39 is 0 Å². The molecule has 2 aliphatic heterocycles. The zero-order valence-corrected chi connectivity index (χ0v) is 23.9. The van der Waals surface area contributed by atoms with Gasteiger partial charge in [0.25, 0.3) is 0 Å². The molecule has 39 heavy (non-hydrogen) atoms. The van der Waals surface area contributed by atoms with Crippen LogP contribution in [0.5, 0.6) is 11.6 Å². The zero-order chi connectivity index (χ0) is 27.2. The van der Waals surface area contributed by atoms with E-state index >= 15 is 0 Å². The van der Waals surface area contributed by atoms with Gasteiger partial charge in [0.05, 0.1) is 11.9 Å². The van der Waals surface area contributed by atoms with E-state index in [4.69, 9.17) is 9.72 Å². The Morgan fingerprint density at radius 1 is 1.08 bits per heavy atom. The largest absolute Gasteiger partial charge is 0.437 e. The van der Waals surface area contributed by atoms with Crippen LogP contribution in [-0.4, -0.2) is 53.5 Å². The first-order chi connectivity index (χ1) is 18.9. The van der Waals surface area contributed by atoms with Crippen LogP contribution in [0.1, 0.15) is 44.6 Å². The normalized spacial score (nSPS) is 16.7. The summed E-state index contributed by atoms with van der Waals surface area (Å²) in [6, 6.07) is 12.7. The molecule has 3 aromatic rings. The van der Waals surface area contributed by atoms with Gasteiger partial charge in [-0.3, -0.25) is 9.69 Å². The Bertz CT molecular complexity index is 1250. The van der Waals surface area contributed by atoms with Gasteiger partial charge in [0.15, 0.2) is 0 Å². The van der Waals surface area contributed by atoms with Gasteiger partial charge in [-0.15, -0.1) is 0 Å². The number of halogens is 2. The number of hydrogen-bond acceptors (Lipinski definition) is 6. The number of piperidine rings is 2. The van der Waals surface area contributed by atoms with Crippen LogP contribution in [0.2, 0.25) is 0 Å². The van der Waals surface area contributed by atoms with Crippen LogP contribution in [0.15, 0.2) is 53.1 Å². The average Bonchev–Trinajstić information content (AvgIpc) is 2.93. The molecule has 0 unspecified atom stereocenters. The monoisotopic (exact) mass is 595 g/mol. The van der Waals surface area contributed by atoms with Gasteiger partial charge in [-0.1, -0.05) is 15.9 Å². The predicted octanol–water partition coefficient (Wildman–Crippen LogP) is 6.18. The van der Waals surface area contributed by atoms with Crippen LogP contribution in [0.3, 0.4) is 0 Å². The van der Waals surface area contributed by atoms with Crippen molar-refractivity contribution in [2.45, 2.75) is 45.6 Å². The number of pyridine rings is 2. The number of nitrogens with zero attached hydrogens (tertiary/aromatic N) is 4. The van der Waals surface area contributed by atoms with Crippen molar-refractivity contribution in [2.75, 3.05) is 37.6 Å². The van der Waals surface area contributed by atoms with Crippen molar-refractivity contribution in [3.8, 4) is 22.9 Å². The highest BCUT2D eigenvalue weighted by Crippen LogP contribution is 2.30. The Kier molecular flexibility index (Phi) is 9.09. The highest BCUT2D eigenvalue weighted by Gasteiger charge is 2.20. The number of anilines is 1. The Labute approximate surface area is 237 Å². The molecule has 1 aromatic carbocycles. The Morgan fingerprint density at radius 2 is 1.87 bits per heavy atom. The van der Waals surface area contributed by atoms with Crippen LogP contribution >= 0.6 is 15.9 Å². The van der Waals surface area contributed by atoms with E-state index in [0.29, 0.717) is 33.3 Å². The number of benzene rings is 1. The molecule has 0 aliphatic carbocycles. The van der Waals surface area contributed by atoms with Crippen molar-refractivity contribution in [3.63, 3.8) is 0 Å². The molecule has 5 rings (SSSR count). The number of ether oxygens (including phenoxy) is 1. The third kappa shape index (κ3) is 7.76. The summed E-state index contributed by atoms with van der Waals surface area (Å²) in [5, 5.41) is 2.94. The second-order valence-corrected chi connectivity index (χ2v) is 11.4. The molecule has 206 valence electrons. The van der Waals surface area contributed by atoms with E-state index in [1.54, 1.807) is 13.1 Å². The van der Waals surface area contributed by atoms with E-state index in [1.807, 2.05) is 30.3 Å². The van der Waals surface area contributed by atoms with Crippen molar-refractivity contribution in [1.29, 1.82) is 0 Å². The topological polar surface area (TPSA) is 70.6 Å². The van der Waals surface area contributed by atoms with E-state index in [2.05, 4.69) is 36.0 Å². The lowest BCUT2D eigenvalue weighted by atomic mass is 9.96. The fraction of sp³-hybridized carbons (Fsp3) is 0.433. The van der Waals surface area contributed by atoms with Crippen LogP contribution in [0, 0.1) is 11.7 Å². The number of carbonyl (C=O) groups is 1. The Balaban J connectivity index is 1.33. The summed E-state index contributed by atoms with van der Waals surface area (Å²) >= 11 is 3.40. The summed E-state index contributed by atoms with van der Waals surface area (Å²) in [6.45, 7) is 7.01. The lowest BCUT2D eigenvalue weighted by molar-refractivity contribution is -0.119. The summed E-state index contributed by atoms with van der Waals surface area (Å²) < 4.78 is 21.1. The first kappa shape index (κ1) is 27.5. The van der Waals surface area contributed by atoms with Gasteiger partial charge in [0.1, 0.15) is 17.4 Å². The van der Waals surface area contributed by atoms with E-state index in [-0.39, 0.29) is 11.7 Å². The van der Waals surface area contributed by atoms with Gasteiger partial charge in [0.2, 0.25) is 11.8 Å². The fourth-order valence-corrected chi connectivity index (χ4v) is 5.78.